The van der Waals surface area contributed by atoms with E-state index in [1.54, 1.807) is 60.5 Å². The SMILES string of the molecule is CCCC(=O)N1CCCC(C(=O)Nc2ccccc2C(=O)Nc2cccc(OC)c2)C1. The molecule has 3 rings (SSSR count). The number of carbonyl (C=O) groups is 3. The first-order valence-electron chi connectivity index (χ1n) is 10.6. The second-order valence-electron chi connectivity index (χ2n) is 7.65. The van der Waals surface area contributed by atoms with Gasteiger partial charge in [0.2, 0.25) is 11.8 Å². The number of piperidine rings is 1. The number of para-hydroxylation sites is 1. The number of benzene rings is 2. The molecule has 0 aromatic heterocycles. The lowest BCUT2D eigenvalue weighted by Gasteiger charge is -2.32. The predicted octanol–water partition coefficient (Wildman–Crippen LogP) is 3.92. The molecule has 2 N–H and O–H groups in total. The van der Waals surface area contributed by atoms with Crippen molar-refractivity contribution >= 4 is 29.1 Å². The van der Waals surface area contributed by atoms with Crippen molar-refractivity contribution in [3.63, 3.8) is 0 Å². The Labute approximate surface area is 182 Å². The number of anilines is 2. The lowest BCUT2D eigenvalue weighted by Crippen LogP contribution is -2.43. The van der Waals surface area contributed by atoms with E-state index in [2.05, 4.69) is 10.6 Å². The summed E-state index contributed by atoms with van der Waals surface area (Å²) >= 11 is 0. The Bertz CT molecular complexity index is 944. The van der Waals surface area contributed by atoms with E-state index in [9.17, 15) is 14.4 Å². The van der Waals surface area contributed by atoms with Crippen LogP contribution in [0.5, 0.6) is 5.75 Å². The monoisotopic (exact) mass is 423 g/mol. The van der Waals surface area contributed by atoms with Gasteiger partial charge in [-0.2, -0.15) is 0 Å². The van der Waals surface area contributed by atoms with Crippen molar-refractivity contribution < 1.29 is 19.1 Å². The van der Waals surface area contributed by atoms with E-state index < -0.39 is 0 Å². The van der Waals surface area contributed by atoms with Crippen LogP contribution >= 0.6 is 0 Å². The van der Waals surface area contributed by atoms with Gasteiger partial charge in [-0.1, -0.05) is 25.1 Å². The minimum absolute atomic E-state index is 0.0954. The largest absolute Gasteiger partial charge is 0.497 e. The van der Waals surface area contributed by atoms with Gasteiger partial charge in [0.05, 0.1) is 24.3 Å². The zero-order valence-corrected chi connectivity index (χ0v) is 18.0. The number of hydrogen-bond donors (Lipinski definition) is 2. The van der Waals surface area contributed by atoms with Gasteiger partial charge in [0.15, 0.2) is 0 Å². The fourth-order valence-corrected chi connectivity index (χ4v) is 3.71. The number of hydrogen-bond acceptors (Lipinski definition) is 4. The maximum Gasteiger partial charge on any atom is 0.257 e. The van der Waals surface area contributed by atoms with Gasteiger partial charge in [-0.15, -0.1) is 0 Å². The van der Waals surface area contributed by atoms with Crippen LogP contribution < -0.4 is 15.4 Å². The average Bonchev–Trinajstić information content (AvgIpc) is 2.79. The Balaban J connectivity index is 1.69. The highest BCUT2D eigenvalue weighted by molar-refractivity contribution is 6.10. The highest BCUT2D eigenvalue weighted by atomic mass is 16.5. The molecule has 7 heteroatoms. The number of carbonyl (C=O) groups excluding carboxylic acids is 3. The van der Waals surface area contributed by atoms with E-state index in [1.165, 1.54) is 0 Å². The van der Waals surface area contributed by atoms with Gasteiger partial charge in [-0.3, -0.25) is 14.4 Å². The highest BCUT2D eigenvalue weighted by Crippen LogP contribution is 2.23. The number of amides is 3. The molecule has 1 unspecified atom stereocenters. The molecule has 1 saturated heterocycles. The summed E-state index contributed by atoms with van der Waals surface area (Å²) in [5.74, 6) is -0.0517. The second-order valence-corrected chi connectivity index (χ2v) is 7.65. The molecule has 1 aliphatic heterocycles. The fourth-order valence-electron chi connectivity index (χ4n) is 3.71. The van der Waals surface area contributed by atoms with E-state index in [4.69, 9.17) is 4.74 Å². The standard InChI is InChI=1S/C24H29N3O4/c1-3-8-22(28)27-14-7-9-17(16-27)23(29)26-21-13-5-4-12-20(21)24(30)25-18-10-6-11-19(15-18)31-2/h4-6,10-13,15,17H,3,7-9,14,16H2,1-2H3,(H,25,30)(H,26,29). The Hall–Kier alpha value is -3.35. The van der Waals surface area contributed by atoms with Gasteiger partial charge >= 0.3 is 0 Å². The van der Waals surface area contributed by atoms with Gasteiger partial charge in [-0.05, 0) is 43.5 Å². The molecule has 164 valence electrons. The summed E-state index contributed by atoms with van der Waals surface area (Å²) in [5.41, 5.74) is 1.42. The van der Waals surface area contributed by atoms with Crippen LogP contribution in [0.1, 0.15) is 43.0 Å². The molecule has 2 aromatic rings. The average molecular weight is 424 g/mol. The topological polar surface area (TPSA) is 87.7 Å². The molecule has 2 aromatic carbocycles. The molecule has 0 bridgehead atoms. The summed E-state index contributed by atoms with van der Waals surface area (Å²) in [5, 5.41) is 5.74. The molecule has 0 aliphatic carbocycles. The molecule has 0 radical (unpaired) electrons. The quantitative estimate of drug-likeness (QED) is 0.706. The molecule has 1 aliphatic rings. The minimum Gasteiger partial charge on any atom is -0.497 e. The Kier molecular flexibility index (Phi) is 7.65. The molecule has 1 fully saturated rings. The molecular weight excluding hydrogens is 394 g/mol. The maximum absolute atomic E-state index is 12.9. The third-order valence-electron chi connectivity index (χ3n) is 5.37. The van der Waals surface area contributed by atoms with Crippen molar-refractivity contribution in [3.05, 3.63) is 54.1 Å². The van der Waals surface area contributed by atoms with Crippen LogP contribution in [0, 0.1) is 5.92 Å². The van der Waals surface area contributed by atoms with E-state index in [0.717, 1.165) is 19.3 Å². The smallest absolute Gasteiger partial charge is 0.257 e. The van der Waals surface area contributed by atoms with Gasteiger partial charge in [0.25, 0.3) is 5.91 Å². The second kappa shape index (κ2) is 10.6. The molecule has 31 heavy (non-hydrogen) atoms. The molecule has 3 amide bonds. The number of nitrogens with one attached hydrogen (secondary N) is 2. The van der Waals surface area contributed by atoms with Gasteiger partial charge in [-0.25, -0.2) is 0 Å². The van der Waals surface area contributed by atoms with Crippen LogP contribution in [0.25, 0.3) is 0 Å². The van der Waals surface area contributed by atoms with Crippen LogP contribution in [0.4, 0.5) is 11.4 Å². The predicted molar refractivity (Wildman–Crippen MR) is 120 cm³/mol. The van der Waals surface area contributed by atoms with Crippen molar-refractivity contribution in [2.75, 3.05) is 30.8 Å². The number of rotatable bonds is 7. The summed E-state index contributed by atoms with van der Waals surface area (Å²) in [4.78, 5) is 39.8. The molecule has 1 atom stereocenters. The maximum atomic E-state index is 12.9. The first-order valence-corrected chi connectivity index (χ1v) is 10.6. The van der Waals surface area contributed by atoms with E-state index in [-0.39, 0.29) is 23.6 Å². The van der Waals surface area contributed by atoms with Crippen molar-refractivity contribution in [1.29, 1.82) is 0 Å². The van der Waals surface area contributed by atoms with Crippen molar-refractivity contribution in [1.82, 2.24) is 4.90 Å². The lowest BCUT2D eigenvalue weighted by atomic mass is 9.96. The van der Waals surface area contributed by atoms with Crippen LogP contribution in [0.2, 0.25) is 0 Å². The zero-order chi connectivity index (χ0) is 22.2. The molecule has 1 heterocycles. The van der Waals surface area contributed by atoms with E-state index >= 15 is 0 Å². The molecule has 0 spiro atoms. The summed E-state index contributed by atoms with van der Waals surface area (Å²) in [6.07, 6.45) is 2.81. The summed E-state index contributed by atoms with van der Waals surface area (Å²) in [6.45, 7) is 3.09. The number of ether oxygens (including phenoxy) is 1. The third kappa shape index (κ3) is 5.84. The van der Waals surface area contributed by atoms with Gasteiger partial charge in [0.1, 0.15) is 5.75 Å². The normalized spacial score (nSPS) is 15.8. The molecule has 7 nitrogen and oxygen atoms in total. The first kappa shape index (κ1) is 22.3. The third-order valence-corrected chi connectivity index (χ3v) is 5.37. The number of methoxy groups -OCH3 is 1. The van der Waals surface area contributed by atoms with Gasteiger partial charge < -0.3 is 20.3 Å². The van der Waals surface area contributed by atoms with Crippen molar-refractivity contribution in [2.45, 2.75) is 32.6 Å². The van der Waals surface area contributed by atoms with E-state index in [1.807, 2.05) is 6.92 Å². The van der Waals surface area contributed by atoms with E-state index in [0.29, 0.717) is 42.2 Å². The Morgan fingerprint density at radius 1 is 1.10 bits per heavy atom. The van der Waals surface area contributed by atoms with Crippen LogP contribution in [0.3, 0.4) is 0 Å². The number of nitrogens with zero attached hydrogens (tertiary/aromatic N) is 1. The van der Waals surface area contributed by atoms with Crippen molar-refractivity contribution in [3.8, 4) is 5.75 Å². The first-order chi connectivity index (χ1) is 15.0. The summed E-state index contributed by atoms with van der Waals surface area (Å²) < 4.78 is 5.19. The summed E-state index contributed by atoms with van der Waals surface area (Å²) in [6, 6.07) is 14.0. The number of likely N-dealkylation sites (tertiary alicyclic amines) is 1. The summed E-state index contributed by atoms with van der Waals surface area (Å²) in [7, 11) is 1.56. The van der Waals surface area contributed by atoms with Crippen LogP contribution in [0.15, 0.2) is 48.5 Å². The van der Waals surface area contributed by atoms with Gasteiger partial charge in [0, 0.05) is 31.3 Å². The molecular formula is C24H29N3O4. The Morgan fingerprint density at radius 2 is 1.90 bits per heavy atom. The fraction of sp³-hybridized carbons (Fsp3) is 0.375. The molecule has 0 saturated carbocycles. The highest BCUT2D eigenvalue weighted by Gasteiger charge is 2.28. The van der Waals surface area contributed by atoms with Crippen LogP contribution in [-0.2, 0) is 9.59 Å². The Morgan fingerprint density at radius 3 is 2.68 bits per heavy atom. The van der Waals surface area contributed by atoms with Crippen molar-refractivity contribution in [2.24, 2.45) is 5.92 Å². The van der Waals surface area contributed by atoms with Crippen LogP contribution in [-0.4, -0.2) is 42.8 Å². The zero-order valence-electron chi connectivity index (χ0n) is 18.0. The lowest BCUT2D eigenvalue weighted by molar-refractivity contribution is -0.134. The minimum atomic E-state index is -0.326.